The number of carboxylic acid groups (broad SMARTS) is 1. The zero-order valence-electron chi connectivity index (χ0n) is 18.2. The molecule has 1 amide bonds. The Morgan fingerprint density at radius 2 is 1.97 bits per heavy atom. The molecule has 0 aliphatic carbocycles. The molecule has 8 nitrogen and oxygen atoms in total. The van der Waals surface area contributed by atoms with E-state index in [1.165, 1.54) is 0 Å². The quantitative estimate of drug-likeness (QED) is 0.694. The lowest BCUT2D eigenvalue weighted by molar-refractivity contribution is -0.192. The van der Waals surface area contributed by atoms with Gasteiger partial charge in [-0.3, -0.25) is 9.78 Å². The van der Waals surface area contributed by atoms with E-state index >= 15 is 0 Å². The monoisotopic (exact) mass is 462 g/mol. The summed E-state index contributed by atoms with van der Waals surface area (Å²) in [5.74, 6) is -2.67. The van der Waals surface area contributed by atoms with Crippen LogP contribution in [-0.2, 0) is 30.4 Å². The molecule has 0 saturated carbocycles. The van der Waals surface area contributed by atoms with Gasteiger partial charge >= 0.3 is 12.1 Å². The Morgan fingerprint density at radius 1 is 1.31 bits per heavy atom. The summed E-state index contributed by atoms with van der Waals surface area (Å²) >= 11 is 0. The molecule has 1 unspecified atom stereocenters. The fraction of sp³-hybridized carbons (Fsp3) is 0.667. The van der Waals surface area contributed by atoms with E-state index in [9.17, 15) is 18.0 Å². The molecule has 1 N–H and O–H groups in total. The van der Waals surface area contributed by atoms with Crippen molar-refractivity contribution in [2.24, 2.45) is 5.41 Å². The number of hydrogen-bond acceptors (Lipinski definition) is 6. The number of methoxy groups -OCH3 is 1. The van der Waals surface area contributed by atoms with Crippen molar-refractivity contribution in [3.8, 4) is 0 Å². The van der Waals surface area contributed by atoms with Gasteiger partial charge in [0.25, 0.3) is 0 Å². The Balaban J connectivity index is 0.000000451. The number of amides is 1. The number of alkyl halides is 3. The summed E-state index contributed by atoms with van der Waals surface area (Å²) in [7, 11) is 1.56. The van der Waals surface area contributed by atoms with Crippen LogP contribution in [0.1, 0.15) is 30.7 Å². The molecular formula is C21H29F3N2O6. The maximum absolute atomic E-state index is 11.9. The number of halogens is 3. The number of aryl methyl sites for hydroxylation is 1. The van der Waals surface area contributed by atoms with Crippen LogP contribution in [0, 0.1) is 12.3 Å². The molecule has 1 aromatic heterocycles. The fourth-order valence-corrected chi connectivity index (χ4v) is 3.77. The summed E-state index contributed by atoms with van der Waals surface area (Å²) in [5, 5.41) is 7.12. The molecule has 3 heterocycles. The predicted octanol–water partition coefficient (Wildman–Crippen LogP) is 2.58. The van der Waals surface area contributed by atoms with E-state index in [1.54, 1.807) is 7.11 Å². The first-order valence-corrected chi connectivity index (χ1v) is 10.2. The molecule has 3 rings (SSSR count). The number of hydrogen-bond donors (Lipinski definition) is 1. The van der Waals surface area contributed by atoms with Gasteiger partial charge in [-0.05, 0) is 43.7 Å². The van der Waals surface area contributed by atoms with Crippen LogP contribution in [0.3, 0.4) is 0 Å². The SMILES string of the molecule is COCC(=O)N1CCC2(CC1)COC(COCc1cccc(C)n1)C2.O=C(O)C(F)(F)F. The minimum absolute atomic E-state index is 0.0850. The van der Waals surface area contributed by atoms with Crippen LogP contribution in [0.15, 0.2) is 18.2 Å². The summed E-state index contributed by atoms with van der Waals surface area (Å²) in [6.45, 7) is 5.65. The van der Waals surface area contributed by atoms with Crippen LogP contribution in [0.2, 0.25) is 0 Å². The van der Waals surface area contributed by atoms with Gasteiger partial charge in [-0.15, -0.1) is 0 Å². The first-order chi connectivity index (χ1) is 15.0. The topological polar surface area (TPSA) is 98.2 Å². The maximum Gasteiger partial charge on any atom is 0.490 e. The third kappa shape index (κ3) is 8.03. The number of piperidine rings is 1. The smallest absolute Gasteiger partial charge is 0.475 e. The van der Waals surface area contributed by atoms with Crippen molar-refractivity contribution in [2.75, 3.05) is 40.0 Å². The number of rotatable bonds is 6. The standard InChI is InChI=1S/C19H28N2O4.C2HF3O2/c1-15-4-3-5-16(20-15)11-24-12-17-10-19(14-25-17)6-8-21(9-7-19)18(22)13-23-2;3-2(4,5)1(6)7/h3-5,17H,6-14H2,1-2H3;(H,6,7). The van der Waals surface area contributed by atoms with Crippen molar-refractivity contribution in [1.82, 2.24) is 9.88 Å². The van der Waals surface area contributed by atoms with Crippen molar-refractivity contribution >= 4 is 11.9 Å². The van der Waals surface area contributed by atoms with Gasteiger partial charge in [-0.2, -0.15) is 13.2 Å². The zero-order chi connectivity index (χ0) is 23.8. The normalized spacial score (nSPS) is 20.0. The molecule has 180 valence electrons. The van der Waals surface area contributed by atoms with E-state index in [2.05, 4.69) is 4.98 Å². The van der Waals surface area contributed by atoms with Gasteiger partial charge in [-0.1, -0.05) is 6.07 Å². The van der Waals surface area contributed by atoms with E-state index in [0.717, 1.165) is 50.3 Å². The van der Waals surface area contributed by atoms with Gasteiger partial charge in [0.15, 0.2) is 0 Å². The summed E-state index contributed by atoms with van der Waals surface area (Å²) in [5.41, 5.74) is 2.17. The minimum atomic E-state index is -5.08. The number of aromatic nitrogens is 1. The average molecular weight is 462 g/mol. The Hall–Kier alpha value is -2.24. The number of ether oxygens (including phenoxy) is 3. The maximum atomic E-state index is 11.9. The molecule has 2 saturated heterocycles. The second-order valence-electron chi connectivity index (χ2n) is 8.04. The lowest BCUT2D eigenvalue weighted by atomic mass is 9.76. The molecule has 2 aliphatic heterocycles. The third-order valence-electron chi connectivity index (χ3n) is 5.47. The number of aliphatic carboxylic acids is 1. The van der Waals surface area contributed by atoms with E-state index in [-0.39, 0.29) is 24.0 Å². The van der Waals surface area contributed by atoms with Gasteiger partial charge in [0, 0.05) is 25.9 Å². The molecule has 0 radical (unpaired) electrons. The van der Waals surface area contributed by atoms with Crippen LogP contribution in [0.25, 0.3) is 0 Å². The molecular weight excluding hydrogens is 433 g/mol. The third-order valence-corrected chi connectivity index (χ3v) is 5.47. The number of carbonyl (C=O) groups excluding carboxylic acids is 1. The average Bonchev–Trinajstić information content (AvgIpc) is 3.11. The first-order valence-electron chi connectivity index (χ1n) is 10.2. The lowest BCUT2D eigenvalue weighted by Gasteiger charge is -2.38. The minimum Gasteiger partial charge on any atom is -0.475 e. The molecule has 2 aliphatic rings. The fourth-order valence-electron chi connectivity index (χ4n) is 3.77. The van der Waals surface area contributed by atoms with Crippen molar-refractivity contribution in [3.63, 3.8) is 0 Å². The first kappa shape index (κ1) is 26.0. The molecule has 2 fully saturated rings. The van der Waals surface area contributed by atoms with E-state index in [1.807, 2.05) is 30.0 Å². The van der Waals surface area contributed by atoms with Crippen molar-refractivity contribution in [2.45, 2.75) is 45.1 Å². The highest BCUT2D eigenvalue weighted by Gasteiger charge is 2.43. The van der Waals surface area contributed by atoms with Crippen LogP contribution >= 0.6 is 0 Å². The second kappa shape index (κ2) is 11.6. The van der Waals surface area contributed by atoms with Gasteiger partial charge in [0.05, 0.1) is 31.6 Å². The predicted molar refractivity (Wildman–Crippen MR) is 107 cm³/mol. The van der Waals surface area contributed by atoms with E-state index < -0.39 is 12.1 Å². The molecule has 1 atom stereocenters. The van der Waals surface area contributed by atoms with Crippen LogP contribution in [0.5, 0.6) is 0 Å². The molecule has 1 spiro atoms. The van der Waals surface area contributed by atoms with Crippen LogP contribution in [0.4, 0.5) is 13.2 Å². The summed E-state index contributed by atoms with van der Waals surface area (Å²) < 4.78 is 48.5. The number of nitrogens with zero attached hydrogens (tertiary/aromatic N) is 2. The summed E-state index contributed by atoms with van der Waals surface area (Å²) in [6.07, 6.45) is -1.93. The molecule has 32 heavy (non-hydrogen) atoms. The van der Waals surface area contributed by atoms with Crippen molar-refractivity contribution in [3.05, 3.63) is 29.6 Å². The molecule has 1 aromatic rings. The summed E-state index contributed by atoms with van der Waals surface area (Å²) in [6, 6.07) is 5.97. The van der Waals surface area contributed by atoms with Gasteiger partial charge in [-0.25, -0.2) is 4.79 Å². The number of likely N-dealkylation sites (tertiary alicyclic amines) is 1. The Morgan fingerprint density at radius 3 is 2.53 bits per heavy atom. The Kier molecular flexibility index (Phi) is 9.41. The number of carboxylic acids is 1. The van der Waals surface area contributed by atoms with Crippen molar-refractivity contribution in [1.29, 1.82) is 0 Å². The molecule has 0 bridgehead atoms. The van der Waals surface area contributed by atoms with Crippen molar-refractivity contribution < 1.29 is 42.1 Å². The molecule has 11 heteroatoms. The number of carbonyl (C=O) groups is 2. The second-order valence-corrected chi connectivity index (χ2v) is 8.04. The number of pyridine rings is 1. The highest BCUT2D eigenvalue weighted by atomic mass is 19.4. The molecule has 0 aromatic carbocycles. The van der Waals surface area contributed by atoms with Crippen LogP contribution < -0.4 is 0 Å². The highest BCUT2D eigenvalue weighted by molar-refractivity contribution is 5.77. The van der Waals surface area contributed by atoms with Crippen LogP contribution in [-0.4, -0.2) is 79.2 Å². The van der Waals surface area contributed by atoms with Gasteiger partial charge in [0.1, 0.15) is 6.61 Å². The van der Waals surface area contributed by atoms with Gasteiger partial charge < -0.3 is 24.2 Å². The van der Waals surface area contributed by atoms with Gasteiger partial charge in [0.2, 0.25) is 5.91 Å². The lowest BCUT2D eigenvalue weighted by Crippen LogP contribution is -2.44. The highest BCUT2D eigenvalue weighted by Crippen LogP contribution is 2.42. The summed E-state index contributed by atoms with van der Waals surface area (Å²) in [4.78, 5) is 27.2. The Bertz CT molecular complexity index is 766. The van der Waals surface area contributed by atoms with E-state index in [4.69, 9.17) is 24.1 Å². The Labute approximate surface area is 184 Å². The zero-order valence-corrected chi connectivity index (χ0v) is 18.2. The largest absolute Gasteiger partial charge is 0.490 e. The van der Waals surface area contributed by atoms with E-state index in [0.29, 0.717) is 13.2 Å².